The predicted octanol–water partition coefficient (Wildman–Crippen LogP) is 1.80. The van der Waals surface area contributed by atoms with E-state index in [4.69, 9.17) is 5.11 Å². The molecule has 9 heteroatoms. The quantitative estimate of drug-likeness (QED) is 0.869. The Morgan fingerprint density at radius 1 is 1.48 bits per heavy atom. The van der Waals surface area contributed by atoms with Crippen LogP contribution in [0.25, 0.3) is 0 Å². The second kappa shape index (κ2) is 6.91. The van der Waals surface area contributed by atoms with Crippen molar-refractivity contribution in [1.29, 1.82) is 0 Å². The van der Waals surface area contributed by atoms with Gasteiger partial charge in [-0.3, -0.25) is 9.78 Å². The summed E-state index contributed by atoms with van der Waals surface area (Å²) >= 11 is 0. The van der Waals surface area contributed by atoms with Crippen LogP contribution in [0.2, 0.25) is 0 Å². The van der Waals surface area contributed by atoms with E-state index < -0.39 is 37.3 Å². The third kappa shape index (κ3) is 6.11. The second-order valence-corrected chi connectivity index (χ2v) is 4.32. The number of aliphatic carboxylic acids is 1. The number of pyridine rings is 1. The van der Waals surface area contributed by atoms with Gasteiger partial charge in [0.2, 0.25) is 0 Å². The van der Waals surface area contributed by atoms with Crippen LogP contribution in [0.3, 0.4) is 0 Å². The van der Waals surface area contributed by atoms with Crippen molar-refractivity contribution >= 4 is 12.0 Å². The van der Waals surface area contributed by atoms with Gasteiger partial charge in [0.05, 0.1) is 6.04 Å². The van der Waals surface area contributed by atoms with E-state index in [0.29, 0.717) is 5.56 Å². The van der Waals surface area contributed by atoms with Crippen molar-refractivity contribution in [2.75, 3.05) is 13.1 Å². The van der Waals surface area contributed by atoms with Crippen molar-refractivity contribution < 1.29 is 27.9 Å². The monoisotopic (exact) mass is 305 g/mol. The van der Waals surface area contributed by atoms with E-state index in [0.717, 1.165) is 0 Å². The first kappa shape index (κ1) is 16.7. The molecule has 0 bridgehead atoms. The van der Waals surface area contributed by atoms with Crippen LogP contribution in [-0.2, 0) is 4.79 Å². The fourth-order valence-corrected chi connectivity index (χ4v) is 1.57. The Hall–Kier alpha value is -2.32. The lowest BCUT2D eigenvalue weighted by molar-refractivity contribution is -0.149. The maximum atomic E-state index is 12.4. The molecule has 2 amide bonds. The lowest BCUT2D eigenvalue weighted by atomic mass is 10.1. The molecular weight excluding hydrogens is 291 g/mol. The number of carbonyl (C=O) groups excluding carboxylic acids is 1. The largest absolute Gasteiger partial charge is 0.480 e. The number of amides is 2. The van der Waals surface area contributed by atoms with E-state index in [1.165, 1.54) is 12.4 Å². The standard InChI is InChI=1S/C12H14F3N3O3/c1-8(9-3-2-4-16-5-9)17-11(21)18(6-10(19)20)7-12(13,14)15/h2-5,8H,6-7H2,1H3,(H,17,21)(H,19,20). The number of carbonyl (C=O) groups is 2. The van der Waals surface area contributed by atoms with Crippen molar-refractivity contribution in [3.05, 3.63) is 30.1 Å². The Kier molecular flexibility index (Phi) is 5.51. The summed E-state index contributed by atoms with van der Waals surface area (Å²) in [6.45, 7) is -1.11. The van der Waals surface area contributed by atoms with Crippen LogP contribution in [0.5, 0.6) is 0 Å². The number of hydrogen-bond donors (Lipinski definition) is 2. The fraction of sp³-hybridized carbons (Fsp3) is 0.417. The Morgan fingerprint density at radius 2 is 2.14 bits per heavy atom. The number of carboxylic acid groups (broad SMARTS) is 1. The van der Waals surface area contributed by atoms with Crippen LogP contribution in [0, 0.1) is 0 Å². The Labute approximate surface area is 118 Å². The molecule has 1 unspecified atom stereocenters. The number of carboxylic acids is 1. The molecule has 0 radical (unpaired) electrons. The molecule has 6 nitrogen and oxygen atoms in total. The number of urea groups is 1. The maximum absolute atomic E-state index is 12.4. The van der Waals surface area contributed by atoms with Gasteiger partial charge < -0.3 is 15.3 Å². The van der Waals surface area contributed by atoms with Crippen LogP contribution in [0.1, 0.15) is 18.5 Å². The van der Waals surface area contributed by atoms with E-state index in [1.54, 1.807) is 19.1 Å². The number of nitrogens with zero attached hydrogens (tertiary/aromatic N) is 2. The number of rotatable bonds is 5. The summed E-state index contributed by atoms with van der Waals surface area (Å²) in [6, 6.07) is 1.55. The topological polar surface area (TPSA) is 82.5 Å². The first-order chi connectivity index (χ1) is 9.69. The summed E-state index contributed by atoms with van der Waals surface area (Å²) in [5.41, 5.74) is 0.591. The summed E-state index contributed by atoms with van der Waals surface area (Å²) in [6.07, 6.45) is -1.71. The average molecular weight is 305 g/mol. The molecule has 0 spiro atoms. The average Bonchev–Trinajstić information content (AvgIpc) is 2.36. The molecule has 2 N–H and O–H groups in total. The minimum absolute atomic E-state index is 0.190. The summed E-state index contributed by atoms with van der Waals surface area (Å²) < 4.78 is 37.1. The summed E-state index contributed by atoms with van der Waals surface area (Å²) in [7, 11) is 0. The SMILES string of the molecule is CC(NC(=O)N(CC(=O)O)CC(F)(F)F)c1cccnc1. The zero-order valence-electron chi connectivity index (χ0n) is 11.1. The highest BCUT2D eigenvalue weighted by atomic mass is 19.4. The number of nitrogens with one attached hydrogen (secondary N) is 1. The smallest absolute Gasteiger partial charge is 0.406 e. The molecule has 1 heterocycles. The molecule has 0 aromatic carbocycles. The summed E-state index contributed by atoms with van der Waals surface area (Å²) in [5.74, 6) is -1.52. The number of alkyl halides is 3. The van der Waals surface area contributed by atoms with Crippen LogP contribution in [0.15, 0.2) is 24.5 Å². The van der Waals surface area contributed by atoms with Gasteiger partial charge in [0.25, 0.3) is 0 Å². The van der Waals surface area contributed by atoms with Crippen LogP contribution in [0.4, 0.5) is 18.0 Å². The minimum Gasteiger partial charge on any atom is -0.480 e. The number of hydrogen-bond acceptors (Lipinski definition) is 3. The molecule has 1 aromatic heterocycles. The van der Waals surface area contributed by atoms with Gasteiger partial charge in [-0.15, -0.1) is 0 Å². The van der Waals surface area contributed by atoms with Gasteiger partial charge in [-0.05, 0) is 18.6 Å². The Bertz CT molecular complexity index is 494. The van der Waals surface area contributed by atoms with Gasteiger partial charge in [0.15, 0.2) is 0 Å². The third-order valence-electron chi connectivity index (χ3n) is 2.51. The minimum atomic E-state index is -4.68. The van der Waals surface area contributed by atoms with E-state index in [1.807, 2.05) is 0 Å². The van der Waals surface area contributed by atoms with Crippen molar-refractivity contribution in [1.82, 2.24) is 15.2 Å². The number of aromatic nitrogens is 1. The molecule has 116 valence electrons. The van der Waals surface area contributed by atoms with Crippen molar-refractivity contribution in [2.45, 2.75) is 19.1 Å². The molecule has 21 heavy (non-hydrogen) atoms. The molecule has 0 fully saturated rings. The Balaban J connectivity index is 2.74. The second-order valence-electron chi connectivity index (χ2n) is 4.32. The highest BCUT2D eigenvalue weighted by Gasteiger charge is 2.34. The lowest BCUT2D eigenvalue weighted by Gasteiger charge is -2.24. The molecule has 1 rings (SSSR count). The zero-order valence-corrected chi connectivity index (χ0v) is 11.1. The van der Waals surface area contributed by atoms with Gasteiger partial charge in [-0.25, -0.2) is 4.79 Å². The fourth-order valence-electron chi connectivity index (χ4n) is 1.57. The van der Waals surface area contributed by atoms with Crippen LogP contribution in [-0.4, -0.2) is 46.3 Å². The molecule has 1 aromatic rings. The van der Waals surface area contributed by atoms with Crippen molar-refractivity contribution in [3.63, 3.8) is 0 Å². The maximum Gasteiger partial charge on any atom is 0.406 e. The zero-order chi connectivity index (χ0) is 16.0. The van der Waals surface area contributed by atoms with E-state index in [9.17, 15) is 22.8 Å². The first-order valence-corrected chi connectivity index (χ1v) is 5.93. The Morgan fingerprint density at radius 3 is 2.62 bits per heavy atom. The molecule has 0 aliphatic carbocycles. The van der Waals surface area contributed by atoms with Gasteiger partial charge in [-0.2, -0.15) is 13.2 Å². The van der Waals surface area contributed by atoms with Gasteiger partial charge >= 0.3 is 18.2 Å². The number of halogens is 3. The van der Waals surface area contributed by atoms with Gasteiger partial charge in [0.1, 0.15) is 13.1 Å². The van der Waals surface area contributed by atoms with E-state index in [2.05, 4.69) is 10.3 Å². The predicted molar refractivity (Wildman–Crippen MR) is 66.4 cm³/mol. The van der Waals surface area contributed by atoms with E-state index >= 15 is 0 Å². The van der Waals surface area contributed by atoms with E-state index in [-0.39, 0.29) is 4.90 Å². The van der Waals surface area contributed by atoms with Gasteiger partial charge in [-0.1, -0.05) is 6.07 Å². The van der Waals surface area contributed by atoms with Crippen LogP contribution >= 0.6 is 0 Å². The van der Waals surface area contributed by atoms with Crippen molar-refractivity contribution in [3.8, 4) is 0 Å². The third-order valence-corrected chi connectivity index (χ3v) is 2.51. The highest BCUT2D eigenvalue weighted by molar-refractivity contribution is 5.80. The first-order valence-electron chi connectivity index (χ1n) is 5.93. The summed E-state index contributed by atoms with van der Waals surface area (Å²) in [4.78, 5) is 26.3. The molecule has 1 atom stereocenters. The highest BCUT2D eigenvalue weighted by Crippen LogP contribution is 2.17. The molecular formula is C12H14F3N3O3. The molecule has 0 aliphatic heterocycles. The molecule has 0 aliphatic rings. The lowest BCUT2D eigenvalue weighted by Crippen LogP contribution is -2.47. The molecule has 0 saturated heterocycles. The van der Waals surface area contributed by atoms with Crippen molar-refractivity contribution in [2.24, 2.45) is 0 Å². The van der Waals surface area contributed by atoms with Crippen LogP contribution < -0.4 is 5.32 Å². The normalized spacial score (nSPS) is 12.6. The summed E-state index contributed by atoms with van der Waals surface area (Å²) in [5, 5.41) is 10.9. The molecule has 0 saturated carbocycles. The van der Waals surface area contributed by atoms with Gasteiger partial charge in [0, 0.05) is 12.4 Å².